The molecule has 0 aliphatic carbocycles. The number of alkyl halides is 6. The lowest BCUT2D eigenvalue weighted by Gasteiger charge is -2.13. The second-order valence-corrected chi connectivity index (χ2v) is 8.79. The number of ether oxygens (including phenoxy) is 1. The van der Waals surface area contributed by atoms with Gasteiger partial charge in [0.25, 0.3) is 0 Å². The Balaban J connectivity index is 1.93. The monoisotopic (exact) mass is 518 g/mol. The Labute approximate surface area is 200 Å². The smallest absolute Gasteiger partial charge is 0.416 e. The average Bonchev–Trinajstić information content (AvgIpc) is 3.45. The molecule has 0 N–H and O–H groups in total. The van der Waals surface area contributed by atoms with Crippen LogP contribution in [0.15, 0.2) is 36.1 Å². The van der Waals surface area contributed by atoms with Crippen molar-refractivity contribution in [2.75, 3.05) is 6.61 Å². The summed E-state index contributed by atoms with van der Waals surface area (Å²) < 4.78 is 85.3. The Morgan fingerprint density at radius 1 is 1.09 bits per heavy atom. The summed E-state index contributed by atoms with van der Waals surface area (Å²) in [6.07, 6.45) is -4.77. The van der Waals surface area contributed by atoms with E-state index in [1.807, 2.05) is 13.8 Å². The number of rotatable bonds is 8. The molecule has 0 unspecified atom stereocenters. The minimum atomic E-state index is -5.00. The van der Waals surface area contributed by atoms with E-state index in [4.69, 9.17) is 4.74 Å². The average molecular weight is 518 g/mol. The Bertz CT molecular complexity index is 1150. The first-order valence-electron chi connectivity index (χ1n) is 10.3. The summed E-state index contributed by atoms with van der Waals surface area (Å²) in [5.74, 6) is -0.647. The van der Waals surface area contributed by atoms with Gasteiger partial charge in [-0.25, -0.2) is 19.4 Å². The molecule has 0 bridgehead atoms. The zero-order valence-electron chi connectivity index (χ0n) is 18.5. The first-order valence-corrected chi connectivity index (χ1v) is 11.2. The number of thiazole rings is 1. The van der Waals surface area contributed by atoms with E-state index in [1.165, 1.54) is 12.4 Å². The minimum Gasteiger partial charge on any atom is -0.462 e. The normalized spacial score (nSPS) is 12.9. The molecule has 0 aliphatic heterocycles. The maximum absolute atomic E-state index is 13.2. The van der Waals surface area contributed by atoms with Crippen molar-refractivity contribution >= 4 is 29.1 Å². The van der Waals surface area contributed by atoms with Gasteiger partial charge in [-0.2, -0.15) is 26.3 Å². The number of benzene rings is 1. The molecule has 0 spiro atoms. The lowest BCUT2D eigenvalue weighted by molar-refractivity contribution is -0.143. The third-order valence-corrected chi connectivity index (χ3v) is 5.46. The molecule has 0 fully saturated rings. The van der Waals surface area contributed by atoms with Crippen molar-refractivity contribution < 1.29 is 35.9 Å². The number of carbonyl (C=O) groups is 1. The number of carbonyl (C=O) groups excluding carboxylic acids is 1. The molecule has 13 heteroatoms. The minimum absolute atomic E-state index is 0.0148. The molecule has 3 rings (SSSR count). The maximum atomic E-state index is 13.2. The number of esters is 1. The van der Waals surface area contributed by atoms with Crippen LogP contribution in [0.4, 0.5) is 26.3 Å². The van der Waals surface area contributed by atoms with Crippen molar-refractivity contribution in [3.63, 3.8) is 0 Å². The van der Waals surface area contributed by atoms with Crippen LogP contribution in [0.2, 0.25) is 0 Å². The lowest BCUT2D eigenvalue weighted by Crippen LogP contribution is -2.11. The van der Waals surface area contributed by atoms with Gasteiger partial charge in [0.05, 0.1) is 17.7 Å². The Kier molecular flexibility index (Phi) is 7.98. The van der Waals surface area contributed by atoms with Gasteiger partial charge in [0.2, 0.25) is 0 Å². The summed E-state index contributed by atoms with van der Waals surface area (Å²) in [4.78, 5) is 20.5. The molecule has 0 radical (unpaired) electrons. The molecule has 1 aromatic carbocycles. The molecule has 0 atom stereocenters. The van der Waals surface area contributed by atoms with Crippen molar-refractivity contribution in [1.29, 1.82) is 0 Å². The van der Waals surface area contributed by atoms with E-state index in [0.717, 1.165) is 28.8 Å². The van der Waals surface area contributed by atoms with E-state index < -0.39 is 35.0 Å². The molecule has 3 aromatic rings. The van der Waals surface area contributed by atoms with Crippen LogP contribution in [0.3, 0.4) is 0 Å². The molecular formula is C22H20F6N4O2S. The van der Waals surface area contributed by atoms with E-state index in [-0.39, 0.29) is 24.1 Å². The third-order valence-electron chi connectivity index (χ3n) is 4.66. The molecular weight excluding hydrogens is 498 g/mol. The van der Waals surface area contributed by atoms with Crippen molar-refractivity contribution in [2.24, 2.45) is 5.92 Å². The molecule has 2 heterocycles. The van der Waals surface area contributed by atoms with Gasteiger partial charge in [-0.05, 0) is 37.0 Å². The standard InChI is InChI=1S/C22H20F6N4O2S/c1-13(2)4-3-6-34-20(33)17(19-29-5-7-35-19)11-32-12-30-18(31-32)14-8-15(21(23,24)25)10-16(9-14)22(26,27)28/h5,7-13H,3-4,6H2,1-2H3/b17-11+. The molecule has 6 nitrogen and oxygen atoms in total. The Morgan fingerprint density at radius 2 is 1.74 bits per heavy atom. The highest BCUT2D eigenvalue weighted by Gasteiger charge is 2.37. The van der Waals surface area contributed by atoms with Crippen LogP contribution >= 0.6 is 11.3 Å². The zero-order chi connectivity index (χ0) is 25.8. The fourth-order valence-corrected chi connectivity index (χ4v) is 3.61. The van der Waals surface area contributed by atoms with Crippen LogP contribution in [0.25, 0.3) is 23.2 Å². The van der Waals surface area contributed by atoms with Crippen LogP contribution in [0, 0.1) is 5.92 Å². The quantitative estimate of drug-likeness (QED) is 0.149. The van der Waals surface area contributed by atoms with Crippen LogP contribution < -0.4 is 0 Å². The number of hydrogen-bond acceptors (Lipinski definition) is 6. The molecule has 188 valence electrons. The maximum Gasteiger partial charge on any atom is 0.416 e. The van der Waals surface area contributed by atoms with E-state index in [0.29, 0.717) is 29.5 Å². The van der Waals surface area contributed by atoms with Crippen molar-refractivity contribution in [3.05, 3.63) is 52.2 Å². The lowest BCUT2D eigenvalue weighted by atomic mass is 10.0. The number of aromatic nitrogens is 4. The van der Waals surface area contributed by atoms with Crippen molar-refractivity contribution in [2.45, 2.75) is 39.0 Å². The van der Waals surface area contributed by atoms with Crippen LogP contribution in [-0.2, 0) is 21.9 Å². The first kappa shape index (κ1) is 26.4. The van der Waals surface area contributed by atoms with Gasteiger partial charge in [0.1, 0.15) is 16.9 Å². The Morgan fingerprint density at radius 3 is 2.29 bits per heavy atom. The largest absolute Gasteiger partial charge is 0.462 e. The van der Waals surface area contributed by atoms with E-state index >= 15 is 0 Å². The molecule has 2 aromatic heterocycles. The molecule has 0 saturated carbocycles. The molecule has 0 aliphatic rings. The topological polar surface area (TPSA) is 69.9 Å². The van der Waals surface area contributed by atoms with Gasteiger partial charge in [-0.15, -0.1) is 16.4 Å². The fourth-order valence-electron chi connectivity index (χ4n) is 2.97. The Hall–Kier alpha value is -3.22. The van der Waals surface area contributed by atoms with Crippen LogP contribution in [-0.4, -0.2) is 32.3 Å². The van der Waals surface area contributed by atoms with E-state index in [1.54, 1.807) is 5.38 Å². The van der Waals surface area contributed by atoms with Gasteiger partial charge in [0.15, 0.2) is 5.82 Å². The molecule has 35 heavy (non-hydrogen) atoms. The van der Waals surface area contributed by atoms with Gasteiger partial charge in [0, 0.05) is 23.3 Å². The van der Waals surface area contributed by atoms with Gasteiger partial charge >= 0.3 is 18.3 Å². The van der Waals surface area contributed by atoms with Gasteiger partial charge in [-0.1, -0.05) is 13.8 Å². The summed E-state index contributed by atoms with van der Waals surface area (Å²) in [5.41, 5.74) is -3.43. The zero-order valence-corrected chi connectivity index (χ0v) is 19.3. The SMILES string of the molecule is CC(C)CCCOC(=O)/C(=C/n1cnc(-c2cc(C(F)(F)F)cc(C(F)(F)F)c2)n1)c1nccs1. The summed E-state index contributed by atoms with van der Waals surface area (Å²) in [6, 6.07) is 1.09. The summed E-state index contributed by atoms with van der Waals surface area (Å²) >= 11 is 1.14. The van der Waals surface area contributed by atoms with Crippen LogP contribution in [0.5, 0.6) is 0 Å². The second-order valence-electron chi connectivity index (χ2n) is 7.89. The fraction of sp³-hybridized carbons (Fsp3) is 0.364. The van der Waals surface area contributed by atoms with E-state index in [2.05, 4.69) is 15.1 Å². The predicted molar refractivity (Wildman–Crippen MR) is 117 cm³/mol. The van der Waals surface area contributed by atoms with Gasteiger partial charge < -0.3 is 4.74 Å². The molecule has 0 saturated heterocycles. The van der Waals surface area contributed by atoms with Crippen LogP contribution in [0.1, 0.15) is 42.8 Å². The summed E-state index contributed by atoms with van der Waals surface area (Å²) in [6.45, 7) is 4.24. The highest BCUT2D eigenvalue weighted by Crippen LogP contribution is 2.38. The van der Waals surface area contributed by atoms with Crippen molar-refractivity contribution in [1.82, 2.24) is 19.7 Å². The summed E-state index contributed by atoms with van der Waals surface area (Å²) in [5, 5.41) is 5.87. The highest BCUT2D eigenvalue weighted by atomic mass is 32.1. The summed E-state index contributed by atoms with van der Waals surface area (Å²) in [7, 11) is 0. The van der Waals surface area contributed by atoms with Gasteiger partial charge in [-0.3, -0.25) is 0 Å². The third kappa shape index (κ3) is 7.13. The second kappa shape index (κ2) is 10.6. The van der Waals surface area contributed by atoms with Crippen molar-refractivity contribution in [3.8, 4) is 11.4 Å². The predicted octanol–water partition coefficient (Wildman–Crippen LogP) is 6.42. The molecule has 0 amide bonds. The number of halogens is 6. The number of hydrogen-bond donors (Lipinski definition) is 0. The highest BCUT2D eigenvalue weighted by molar-refractivity contribution is 7.11. The van der Waals surface area contributed by atoms with E-state index in [9.17, 15) is 31.1 Å². The number of nitrogens with zero attached hydrogens (tertiary/aromatic N) is 4. The first-order chi connectivity index (χ1) is 16.3.